The molecule has 3 heteroatoms. The van der Waals surface area contributed by atoms with Crippen molar-refractivity contribution in [3.8, 4) is 0 Å². The highest BCUT2D eigenvalue weighted by atomic mass is 16.3. The summed E-state index contributed by atoms with van der Waals surface area (Å²) in [5, 5.41) is 5.91. The normalized spacial score (nSPS) is 9.18. The van der Waals surface area contributed by atoms with Gasteiger partial charge in [-0.3, -0.25) is 0 Å². The number of rotatable bonds is 3. The summed E-state index contributed by atoms with van der Waals surface area (Å²) in [5.74, 6) is 0. The van der Waals surface area contributed by atoms with Gasteiger partial charge >= 0.3 is 0 Å². The summed E-state index contributed by atoms with van der Waals surface area (Å²) in [5.41, 5.74) is 1.26. The third kappa shape index (κ3) is 1.77. The van der Waals surface area contributed by atoms with Crippen LogP contribution >= 0.6 is 0 Å². The second-order valence-corrected chi connectivity index (χ2v) is 2.14. The van der Waals surface area contributed by atoms with Crippen LogP contribution < -0.4 is 5.32 Å². The number of hydrogen-bond acceptors (Lipinski definition) is 3. The molecule has 0 aliphatic rings. The molecule has 1 N–H and O–H groups in total. The Morgan fingerprint density at radius 3 is 2.82 bits per heavy atom. The van der Waals surface area contributed by atoms with Gasteiger partial charge in [0.15, 0.2) is 0 Å². The molecule has 0 aliphatic carbocycles. The van der Waals surface area contributed by atoms with Crippen LogP contribution in [0.15, 0.2) is 29.4 Å². The molecular formula is C8H10N2O. The van der Waals surface area contributed by atoms with Crippen molar-refractivity contribution in [2.24, 2.45) is 5.18 Å². The van der Waals surface area contributed by atoms with E-state index < -0.39 is 0 Å². The summed E-state index contributed by atoms with van der Waals surface area (Å²) in [4.78, 5) is 10.2. The van der Waals surface area contributed by atoms with Crippen LogP contribution in [0, 0.1) is 4.91 Å². The second-order valence-electron chi connectivity index (χ2n) is 2.14. The Kier molecular flexibility index (Phi) is 2.60. The fourth-order valence-electron chi connectivity index (χ4n) is 0.893. The number of nitrogens with zero attached hydrogens (tertiary/aromatic N) is 1. The molecule has 0 saturated heterocycles. The molecule has 11 heavy (non-hydrogen) atoms. The van der Waals surface area contributed by atoms with E-state index in [1.165, 1.54) is 0 Å². The van der Waals surface area contributed by atoms with Crippen LogP contribution in [-0.2, 0) is 0 Å². The van der Waals surface area contributed by atoms with E-state index in [0.717, 1.165) is 12.2 Å². The van der Waals surface area contributed by atoms with Gasteiger partial charge in [-0.25, -0.2) is 0 Å². The van der Waals surface area contributed by atoms with E-state index in [2.05, 4.69) is 10.5 Å². The van der Waals surface area contributed by atoms with Crippen LogP contribution in [0.4, 0.5) is 11.4 Å². The lowest BCUT2D eigenvalue weighted by atomic mass is 10.3. The number of hydrogen-bond donors (Lipinski definition) is 1. The molecule has 1 rings (SSSR count). The summed E-state index contributed by atoms with van der Waals surface area (Å²) in [7, 11) is 0. The predicted molar refractivity (Wildman–Crippen MR) is 46.1 cm³/mol. The van der Waals surface area contributed by atoms with Gasteiger partial charge in [-0.05, 0) is 24.2 Å². The van der Waals surface area contributed by atoms with Crippen LogP contribution in [0.5, 0.6) is 0 Å². The van der Waals surface area contributed by atoms with Crippen LogP contribution in [-0.4, -0.2) is 6.54 Å². The zero-order valence-corrected chi connectivity index (χ0v) is 6.37. The third-order valence-corrected chi connectivity index (χ3v) is 1.37. The van der Waals surface area contributed by atoms with Crippen molar-refractivity contribution in [3.05, 3.63) is 29.2 Å². The fraction of sp³-hybridized carbons (Fsp3) is 0.250. The average Bonchev–Trinajstić information content (AvgIpc) is 2.06. The minimum atomic E-state index is 0.467. The zero-order valence-electron chi connectivity index (χ0n) is 6.37. The van der Waals surface area contributed by atoms with Crippen LogP contribution in [0.2, 0.25) is 0 Å². The highest BCUT2D eigenvalue weighted by Gasteiger charge is 1.97. The average molecular weight is 150 g/mol. The van der Waals surface area contributed by atoms with Gasteiger partial charge in [0.25, 0.3) is 0 Å². The van der Waals surface area contributed by atoms with Gasteiger partial charge in [-0.1, -0.05) is 12.1 Å². The first kappa shape index (κ1) is 7.72. The molecule has 0 saturated carbocycles. The number of anilines is 1. The molecule has 0 aliphatic heterocycles. The number of nitrogens with one attached hydrogen (secondary N) is 1. The maximum absolute atomic E-state index is 10.2. The van der Waals surface area contributed by atoms with Crippen molar-refractivity contribution >= 4 is 11.4 Å². The molecule has 0 fully saturated rings. The molecule has 0 radical (unpaired) electrons. The van der Waals surface area contributed by atoms with Gasteiger partial charge in [0, 0.05) is 6.54 Å². The lowest BCUT2D eigenvalue weighted by Crippen LogP contribution is -1.95. The maximum atomic E-state index is 10.2. The molecule has 0 bridgehead atoms. The van der Waals surface area contributed by atoms with E-state index in [-0.39, 0.29) is 0 Å². The Bertz CT molecular complexity index is 248. The fourth-order valence-corrected chi connectivity index (χ4v) is 0.893. The predicted octanol–water partition coefficient (Wildman–Crippen LogP) is 2.52. The van der Waals surface area contributed by atoms with Crippen molar-refractivity contribution in [3.63, 3.8) is 0 Å². The minimum absolute atomic E-state index is 0.467. The summed E-state index contributed by atoms with van der Waals surface area (Å²) >= 11 is 0. The van der Waals surface area contributed by atoms with E-state index >= 15 is 0 Å². The van der Waals surface area contributed by atoms with Gasteiger partial charge in [-0.15, -0.1) is 4.91 Å². The Morgan fingerprint density at radius 1 is 1.45 bits per heavy atom. The Morgan fingerprint density at radius 2 is 2.18 bits per heavy atom. The van der Waals surface area contributed by atoms with Gasteiger partial charge < -0.3 is 5.32 Å². The number of nitroso groups, excluding NO2 is 1. The monoisotopic (exact) mass is 150 g/mol. The molecule has 0 atom stereocenters. The van der Waals surface area contributed by atoms with E-state index in [1.807, 2.05) is 19.1 Å². The first-order chi connectivity index (χ1) is 5.38. The van der Waals surface area contributed by atoms with Crippen molar-refractivity contribution < 1.29 is 0 Å². The Hall–Kier alpha value is -1.38. The highest BCUT2D eigenvalue weighted by Crippen LogP contribution is 2.22. The highest BCUT2D eigenvalue weighted by molar-refractivity contribution is 5.64. The van der Waals surface area contributed by atoms with Gasteiger partial charge in [0.05, 0.1) is 5.69 Å². The smallest absolute Gasteiger partial charge is 0.131 e. The lowest BCUT2D eigenvalue weighted by Gasteiger charge is -2.02. The summed E-state index contributed by atoms with van der Waals surface area (Å²) in [6.07, 6.45) is 0. The molecule has 1 aromatic carbocycles. The van der Waals surface area contributed by atoms with E-state index in [9.17, 15) is 4.91 Å². The van der Waals surface area contributed by atoms with Crippen LogP contribution in [0.3, 0.4) is 0 Å². The van der Waals surface area contributed by atoms with Gasteiger partial charge in [0.2, 0.25) is 0 Å². The quantitative estimate of drug-likeness (QED) is 0.672. The van der Waals surface area contributed by atoms with E-state index in [0.29, 0.717) is 5.69 Å². The third-order valence-electron chi connectivity index (χ3n) is 1.37. The SMILES string of the molecule is CCNc1ccccc1N=O. The number of para-hydroxylation sites is 1. The molecule has 58 valence electrons. The van der Waals surface area contributed by atoms with Gasteiger partial charge in [0.1, 0.15) is 5.69 Å². The van der Waals surface area contributed by atoms with Crippen LogP contribution in [0.1, 0.15) is 6.92 Å². The van der Waals surface area contributed by atoms with Crippen LogP contribution in [0.25, 0.3) is 0 Å². The summed E-state index contributed by atoms with van der Waals surface area (Å²) < 4.78 is 0. The topological polar surface area (TPSA) is 41.5 Å². The second kappa shape index (κ2) is 3.71. The zero-order chi connectivity index (χ0) is 8.10. The standard InChI is InChI=1S/C8H10N2O/c1-2-9-7-5-3-4-6-8(7)10-11/h3-6,9H,2H2,1H3. The first-order valence-electron chi connectivity index (χ1n) is 3.54. The van der Waals surface area contributed by atoms with Crippen molar-refractivity contribution in [1.29, 1.82) is 0 Å². The van der Waals surface area contributed by atoms with E-state index in [1.54, 1.807) is 12.1 Å². The maximum Gasteiger partial charge on any atom is 0.131 e. The molecule has 1 aromatic rings. The number of benzene rings is 1. The van der Waals surface area contributed by atoms with E-state index in [4.69, 9.17) is 0 Å². The Labute approximate surface area is 65.4 Å². The van der Waals surface area contributed by atoms with Crippen molar-refractivity contribution in [2.75, 3.05) is 11.9 Å². The lowest BCUT2D eigenvalue weighted by molar-refractivity contribution is 1.21. The molecule has 0 aromatic heterocycles. The molecular weight excluding hydrogens is 140 g/mol. The molecule has 3 nitrogen and oxygen atoms in total. The molecule has 0 amide bonds. The van der Waals surface area contributed by atoms with Gasteiger partial charge in [-0.2, -0.15) is 0 Å². The first-order valence-corrected chi connectivity index (χ1v) is 3.54. The summed E-state index contributed by atoms with van der Waals surface area (Å²) in [6, 6.07) is 7.18. The molecule has 0 spiro atoms. The molecule has 0 heterocycles. The van der Waals surface area contributed by atoms with Crippen molar-refractivity contribution in [1.82, 2.24) is 0 Å². The van der Waals surface area contributed by atoms with Crippen molar-refractivity contribution in [2.45, 2.75) is 6.92 Å². The molecule has 0 unspecified atom stereocenters. The Balaban J connectivity index is 2.92. The minimum Gasteiger partial charge on any atom is -0.383 e. The summed E-state index contributed by atoms with van der Waals surface area (Å²) in [6.45, 7) is 2.77. The largest absolute Gasteiger partial charge is 0.383 e.